The van der Waals surface area contributed by atoms with Crippen LogP contribution < -0.4 is 5.32 Å². The van der Waals surface area contributed by atoms with Crippen molar-refractivity contribution in [2.75, 3.05) is 5.32 Å². The van der Waals surface area contributed by atoms with Crippen molar-refractivity contribution in [3.8, 4) is 0 Å². The highest BCUT2D eigenvalue weighted by Gasteiger charge is 2.27. The number of rotatable bonds is 7. The van der Waals surface area contributed by atoms with Crippen LogP contribution in [0.15, 0.2) is 53.4 Å². The Morgan fingerprint density at radius 3 is 2.52 bits per heavy atom. The van der Waals surface area contributed by atoms with Crippen molar-refractivity contribution in [1.82, 2.24) is 4.98 Å². The quantitative estimate of drug-likeness (QED) is 0.455. The van der Waals surface area contributed by atoms with Crippen molar-refractivity contribution in [3.63, 3.8) is 0 Å². The maximum Gasteiger partial charge on any atom is 0.303 e. The van der Waals surface area contributed by atoms with Gasteiger partial charge in [0.1, 0.15) is 0 Å². The number of hydrogen-bond donors (Lipinski definition) is 3. The molecule has 4 rings (SSSR count). The summed E-state index contributed by atoms with van der Waals surface area (Å²) in [6.45, 7) is 3.74. The number of benzene rings is 2. The molecule has 0 fully saturated rings. The number of hydrogen-bond acceptors (Lipinski definition) is 4. The first kappa shape index (κ1) is 22.5. The average Bonchev–Trinajstić information content (AvgIpc) is 3.21. The van der Waals surface area contributed by atoms with Gasteiger partial charge in [-0.1, -0.05) is 30.3 Å². The molecule has 0 bridgehead atoms. The van der Waals surface area contributed by atoms with Gasteiger partial charge in [-0.2, -0.15) is 0 Å². The number of aryl methyl sites for hydroxylation is 1. The molecule has 8 heteroatoms. The largest absolute Gasteiger partial charge is 0.481 e. The Bertz CT molecular complexity index is 1390. The number of amides is 1. The Morgan fingerprint density at radius 1 is 1.09 bits per heavy atom. The molecule has 1 aliphatic rings. The molecule has 33 heavy (non-hydrogen) atoms. The smallest absolute Gasteiger partial charge is 0.303 e. The Balaban J connectivity index is 1.70. The van der Waals surface area contributed by atoms with Gasteiger partial charge in [-0.3, -0.25) is 9.59 Å². The summed E-state index contributed by atoms with van der Waals surface area (Å²) >= 11 is 0. The Hall–Kier alpha value is -3.65. The fourth-order valence-electron chi connectivity index (χ4n) is 4.09. The minimum atomic E-state index is -3.60. The Labute approximate surface area is 192 Å². The number of aliphatic carboxylic acids is 1. The lowest BCUT2D eigenvalue weighted by atomic mass is 10.0. The van der Waals surface area contributed by atoms with Crippen LogP contribution in [-0.4, -0.2) is 30.4 Å². The van der Waals surface area contributed by atoms with Gasteiger partial charge in [-0.25, -0.2) is 8.42 Å². The van der Waals surface area contributed by atoms with Crippen LogP contribution >= 0.6 is 0 Å². The molecule has 0 saturated carbocycles. The lowest BCUT2D eigenvalue weighted by Crippen LogP contribution is -2.05. The Morgan fingerprint density at radius 2 is 1.82 bits per heavy atom. The van der Waals surface area contributed by atoms with E-state index in [9.17, 15) is 18.0 Å². The molecule has 0 saturated heterocycles. The van der Waals surface area contributed by atoms with E-state index in [0.717, 1.165) is 16.8 Å². The highest BCUT2D eigenvalue weighted by Crippen LogP contribution is 2.36. The summed E-state index contributed by atoms with van der Waals surface area (Å²) in [4.78, 5) is 27.0. The van der Waals surface area contributed by atoms with Crippen molar-refractivity contribution in [2.45, 2.75) is 37.3 Å². The number of nitrogens with one attached hydrogen (secondary N) is 2. The molecule has 7 nitrogen and oxygen atoms in total. The van der Waals surface area contributed by atoms with Crippen LogP contribution in [0.25, 0.3) is 11.6 Å². The van der Waals surface area contributed by atoms with E-state index in [1.54, 1.807) is 36.4 Å². The third-order valence-corrected chi connectivity index (χ3v) is 7.53. The summed E-state index contributed by atoms with van der Waals surface area (Å²) in [6, 6.07) is 13.6. The van der Waals surface area contributed by atoms with Crippen LogP contribution in [0.4, 0.5) is 5.69 Å². The number of carboxylic acids is 1. The molecule has 0 atom stereocenters. The molecule has 1 amide bonds. The third-order valence-electron chi connectivity index (χ3n) is 5.84. The second kappa shape index (κ2) is 8.71. The summed E-state index contributed by atoms with van der Waals surface area (Å²) in [7, 11) is -3.60. The summed E-state index contributed by atoms with van der Waals surface area (Å²) in [5.74, 6) is -1.32. The topological polar surface area (TPSA) is 116 Å². The number of carbonyl (C=O) groups excluding carboxylic acids is 1. The first-order valence-corrected chi connectivity index (χ1v) is 12.1. The standard InChI is InChI=1S/C25H24N2O5S/c1-15-19(9-11-24(28)29)16(2)26-23(15)13-21-20-12-18(8-10-22(20)27-25(21)30)33(31,32)14-17-6-4-3-5-7-17/h3-8,10,12-13,26H,9,11,14H2,1-2H3,(H,27,30)(H,28,29)/b21-13-. The fraction of sp³-hybridized carbons (Fsp3) is 0.200. The highest BCUT2D eigenvalue weighted by molar-refractivity contribution is 7.90. The molecule has 170 valence electrons. The summed E-state index contributed by atoms with van der Waals surface area (Å²) in [5, 5.41) is 11.8. The van der Waals surface area contributed by atoms with Gasteiger partial charge in [0.25, 0.3) is 5.91 Å². The normalized spacial score (nSPS) is 14.4. The molecular weight excluding hydrogens is 440 g/mol. The highest BCUT2D eigenvalue weighted by atomic mass is 32.2. The van der Waals surface area contributed by atoms with E-state index < -0.39 is 15.8 Å². The van der Waals surface area contributed by atoms with Gasteiger partial charge in [-0.15, -0.1) is 0 Å². The van der Waals surface area contributed by atoms with Gasteiger partial charge in [0.05, 0.1) is 16.2 Å². The zero-order valence-electron chi connectivity index (χ0n) is 18.3. The van der Waals surface area contributed by atoms with Crippen LogP contribution in [-0.2, 0) is 31.6 Å². The van der Waals surface area contributed by atoms with E-state index in [-0.39, 0.29) is 23.0 Å². The first-order chi connectivity index (χ1) is 15.7. The number of anilines is 1. The number of aromatic amines is 1. The van der Waals surface area contributed by atoms with Crippen LogP contribution in [0.3, 0.4) is 0 Å². The monoisotopic (exact) mass is 464 g/mol. The fourth-order valence-corrected chi connectivity index (χ4v) is 5.46. The van der Waals surface area contributed by atoms with Crippen LogP contribution in [0.5, 0.6) is 0 Å². The molecule has 0 spiro atoms. The van der Waals surface area contributed by atoms with Crippen molar-refractivity contribution < 1.29 is 23.1 Å². The van der Waals surface area contributed by atoms with Crippen molar-refractivity contribution in [1.29, 1.82) is 0 Å². The van der Waals surface area contributed by atoms with Gasteiger partial charge < -0.3 is 15.4 Å². The molecule has 0 aliphatic carbocycles. The van der Waals surface area contributed by atoms with Gasteiger partial charge in [0, 0.05) is 29.1 Å². The molecular formula is C25H24N2O5S. The predicted octanol–water partition coefficient (Wildman–Crippen LogP) is 4.12. The van der Waals surface area contributed by atoms with Gasteiger partial charge >= 0.3 is 5.97 Å². The van der Waals surface area contributed by atoms with Crippen molar-refractivity contribution in [3.05, 3.63) is 82.2 Å². The molecule has 1 aliphatic heterocycles. The predicted molar refractivity (Wildman–Crippen MR) is 126 cm³/mol. The van der Waals surface area contributed by atoms with Gasteiger partial charge in [0.2, 0.25) is 0 Å². The average molecular weight is 465 g/mol. The van der Waals surface area contributed by atoms with Crippen LogP contribution in [0.2, 0.25) is 0 Å². The SMILES string of the molecule is Cc1[nH]c(/C=C2\C(=O)Nc3ccc(S(=O)(=O)Cc4ccccc4)cc32)c(C)c1CCC(=O)O. The van der Waals surface area contributed by atoms with Crippen LogP contribution in [0, 0.1) is 13.8 Å². The molecule has 0 unspecified atom stereocenters. The number of sulfone groups is 1. The lowest BCUT2D eigenvalue weighted by Gasteiger charge is -2.07. The zero-order chi connectivity index (χ0) is 23.8. The van der Waals surface area contributed by atoms with Crippen molar-refractivity contribution in [2.24, 2.45) is 0 Å². The van der Waals surface area contributed by atoms with Gasteiger partial charge in [-0.05, 0) is 61.2 Å². The molecule has 2 heterocycles. The molecule has 2 aromatic carbocycles. The number of H-pyrrole nitrogens is 1. The second-order valence-corrected chi connectivity index (χ2v) is 10.1. The number of carboxylic acid groups (broad SMARTS) is 1. The summed E-state index contributed by atoms with van der Waals surface area (Å²) in [6.07, 6.45) is 2.10. The second-order valence-electron chi connectivity index (χ2n) is 8.13. The first-order valence-electron chi connectivity index (χ1n) is 10.5. The lowest BCUT2D eigenvalue weighted by molar-refractivity contribution is -0.137. The maximum absolute atomic E-state index is 13.0. The van der Waals surface area contributed by atoms with E-state index in [1.807, 2.05) is 19.9 Å². The summed E-state index contributed by atoms with van der Waals surface area (Å²) in [5.41, 5.74) is 5.44. The zero-order valence-corrected chi connectivity index (χ0v) is 19.1. The minimum absolute atomic E-state index is 0.0154. The number of carbonyl (C=O) groups is 2. The van der Waals surface area contributed by atoms with E-state index in [2.05, 4.69) is 10.3 Å². The molecule has 3 aromatic rings. The number of fused-ring (bicyclic) bond motifs is 1. The molecule has 1 aromatic heterocycles. The van der Waals surface area contributed by atoms with Gasteiger partial charge in [0.15, 0.2) is 9.84 Å². The minimum Gasteiger partial charge on any atom is -0.481 e. The number of aromatic nitrogens is 1. The molecule has 3 N–H and O–H groups in total. The van der Waals surface area contributed by atoms with E-state index in [4.69, 9.17) is 5.11 Å². The third kappa shape index (κ3) is 4.61. The molecule has 0 radical (unpaired) electrons. The summed E-state index contributed by atoms with van der Waals surface area (Å²) < 4.78 is 26.0. The van der Waals surface area contributed by atoms with E-state index >= 15 is 0 Å². The Kier molecular flexibility index (Phi) is 5.95. The maximum atomic E-state index is 13.0. The van der Waals surface area contributed by atoms with Crippen LogP contribution in [0.1, 0.15) is 40.1 Å². The van der Waals surface area contributed by atoms with Crippen molar-refractivity contribution >= 4 is 39.1 Å². The van der Waals surface area contributed by atoms with E-state index in [0.29, 0.717) is 34.5 Å². The van der Waals surface area contributed by atoms with E-state index in [1.165, 1.54) is 12.1 Å².